The van der Waals surface area contributed by atoms with Crippen molar-refractivity contribution >= 4 is 29.5 Å². The summed E-state index contributed by atoms with van der Waals surface area (Å²) in [6, 6.07) is 0. The fourth-order valence-corrected chi connectivity index (χ4v) is 11.5. The molecule has 17 heavy (non-hydrogen) atoms. The summed E-state index contributed by atoms with van der Waals surface area (Å²) in [5, 5.41) is 0. The average molecular weight is 293 g/mol. The van der Waals surface area contributed by atoms with Gasteiger partial charge in [-0.2, -0.15) is 0 Å². The van der Waals surface area contributed by atoms with E-state index in [2.05, 4.69) is 59.4 Å². The molecule has 0 fully saturated rings. The van der Waals surface area contributed by atoms with Crippen LogP contribution in [0.2, 0.25) is 0 Å². The van der Waals surface area contributed by atoms with Crippen molar-refractivity contribution in [2.45, 2.75) is 27.7 Å². The number of nitrogens with zero attached hydrogens (tertiary/aromatic N) is 4. The van der Waals surface area contributed by atoms with Gasteiger partial charge in [0.1, 0.15) is 0 Å². The molecule has 0 aromatic rings. The van der Waals surface area contributed by atoms with Crippen molar-refractivity contribution in [1.82, 2.24) is 17.6 Å². The summed E-state index contributed by atoms with van der Waals surface area (Å²) in [5.41, 5.74) is 0. The molecule has 0 aromatic carbocycles. The zero-order valence-corrected chi connectivity index (χ0v) is 17.0. The van der Waals surface area contributed by atoms with Crippen LogP contribution in [0.5, 0.6) is 0 Å². The molecule has 4 nitrogen and oxygen atoms in total. The molecule has 0 aromatic heterocycles. The molecule has 0 aliphatic heterocycles. The zero-order valence-electron chi connectivity index (χ0n) is 12.7. The third-order valence-electron chi connectivity index (χ3n) is 3.07. The molecule has 7 heteroatoms. The van der Waals surface area contributed by atoms with Gasteiger partial charge in [-0.3, -0.25) is 0 Å². The molecule has 0 heterocycles. The monoisotopic (exact) mass is 292 g/mol. The van der Waals surface area contributed by atoms with Gasteiger partial charge in [0.05, 0.1) is 0 Å². The van der Waals surface area contributed by atoms with Crippen LogP contribution < -0.4 is 0 Å². The molecule has 0 rings (SSSR count). The van der Waals surface area contributed by atoms with Gasteiger partial charge in [-0.05, 0) is 40.3 Å². The average Bonchev–Trinajstić information content (AvgIpc) is 2.31. The van der Waals surface area contributed by atoms with Crippen molar-refractivity contribution in [2.75, 3.05) is 40.3 Å². The maximum atomic E-state index is 2.92. The molecule has 0 radical (unpaired) electrons. The number of hydrogen-bond acceptors (Lipinski definition) is 4. The van der Waals surface area contributed by atoms with Gasteiger partial charge >= 0.3 is 0 Å². The minimum Gasteiger partial charge on any atom is -0.346 e. The van der Waals surface area contributed by atoms with Crippen molar-refractivity contribution in [1.29, 1.82) is 0 Å². The largest absolute Gasteiger partial charge is 0.346 e. The maximum Gasteiger partial charge on any atom is 0.160 e. The standard InChI is InChI=1S/C10H32N4Si3/c1-7-12(8-2)16-14(15-11(5)6)17-13(9-3)10-4/h7-10,15-17H2,1-6H3. The topological polar surface area (TPSA) is 13.0 Å². The van der Waals surface area contributed by atoms with Crippen LogP contribution in [0.3, 0.4) is 0 Å². The fraction of sp³-hybridized carbons (Fsp3) is 1.00. The molecular formula is C10H32N4Si3. The molecule has 0 amide bonds. The van der Waals surface area contributed by atoms with E-state index in [4.69, 9.17) is 0 Å². The summed E-state index contributed by atoms with van der Waals surface area (Å²) < 4.78 is 10.7. The lowest BCUT2D eigenvalue weighted by atomic mass is 10.7. The quantitative estimate of drug-likeness (QED) is 0.456. The highest BCUT2D eigenvalue weighted by Crippen LogP contribution is 1.93. The van der Waals surface area contributed by atoms with Crippen LogP contribution >= 0.6 is 0 Å². The molecule has 0 saturated heterocycles. The first-order chi connectivity index (χ1) is 8.07. The van der Waals surface area contributed by atoms with E-state index in [1.54, 1.807) is 0 Å². The van der Waals surface area contributed by atoms with Crippen molar-refractivity contribution in [3.8, 4) is 0 Å². The minimum absolute atomic E-state index is 0.156. The van der Waals surface area contributed by atoms with Crippen LogP contribution in [0.15, 0.2) is 0 Å². The van der Waals surface area contributed by atoms with Crippen LogP contribution in [-0.4, -0.2) is 87.4 Å². The third-order valence-corrected chi connectivity index (χ3v) is 11.0. The van der Waals surface area contributed by atoms with E-state index >= 15 is 0 Å². The summed E-state index contributed by atoms with van der Waals surface area (Å²) in [7, 11) is 4.01. The van der Waals surface area contributed by atoms with Gasteiger partial charge in [-0.1, -0.05) is 27.7 Å². The van der Waals surface area contributed by atoms with Crippen molar-refractivity contribution in [3.63, 3.8) is 0 Å². The van der Waals surface area contributed by atoms with E-state index in [0.29, 0.717) is 0 Å². The van der Waals surface area contributed by atoms with E-state index in [-0.39, 0.29) is 29.5 Å². The van der Waals surface area contributed by atoms with Gasteiger partial charge in [0.25, 0.3) is 0 Å². The summed E-state index contributed by atoms with van der Waals surface area (Å²) >= 11 is 0. The molecule has 0 aliphatic carbocycles. The first-order valence-corrected chi connectivity index (χ1v) is 10.7. The second-order valence-electron chi connectivity index (χ2n) is 4.78. The highest BCUT2D eigenvalue weighted by molar-refractivity contribution is 6.62. The fourth-order valence-electron chi connectivity index (χ4n) is 1.95. The molecular weight excluding hydrogens is 260 g/mol. The highest BCUT2D eigenvalue weighted by atomic mass is 28.4. The zero-order chi connectivity index (χ0) is 13.3. The lowest BCUT2D eigenvalue weighted by Gasteiger charge is -2.34. The van der Waals surface area contributed by atoms with E-state index < -0.39 is 0 Å². The Morgan fingerprint density at radius 3 is 1.24 bits per heavy atom. The van der Waals surface area contributed by atoms with E-state index in [1.807, 2.05) is 0 Å². The summed E-state index contributed by atoms with van der Waals surface area (Å²) in [6.07, 6.45) is 0. The summed E-state index contributed by atoms with van der Waals surface area (Å²) in [5.74, 6) is 0. The van der Waals surface area contributed by atoms with Gasteiger partial charge in [0.15, 0.2) is 29.5 Å². The Balaban J connectivity index is 4.30. The second kappa shape index (κ2) is 10.4. The Morgan fingerprint density at radius 2 is 1.00 bits per heavy atom. The summed E-state index contributed by atoms with van der Waals surface area (Å²) in [4.78, 5) is 0. The highest BCUT2D eigenvalue weighted by Gasteiger charge is 2.14. The lowest BCUT2D eigenvalue weighted by Crippen LogP contribution is -2.54. The van der Waals surface area contributed by atoms with Crippen molar-refractivity contribution in [2.24, 2.45) is 0 Å². The van der Waals surface area contributed by atoms with Gasteiger partial charge in [-0.15, -0.1) is 0 Å². The molecule has 0 unspecified atom stereocenters. The predicted molar refractivity (Wildman–Crippen MR) is 87.0 cm³/mol. The Bertz CT molecular complexity index is 161. The third kappa shape index (κ3) is 8.25. The predicted octanol–water partition coefficient (Wildman–Crippen LogP) is -1.47. The molecule has 0 N–H and O–H groups in total. The van der Waals surface area contributed by atoms with Crippen molar-refractivity contribution < 1.29 is 0 Å². The normalized spacial score (nSPS) is 14.5. The molecule has 0 atom stereocenters. The molecule has 0 aliphatic rings. The van der Waals surface area contributed by atoms with Gasteiger partial charge < -0.3 is 17.6 Å². The van der Waals surface area contributed by atoms with E-state index in [0.717, 1.165) is 0 Å². The SMILES string of the molecule is CCN(CC)[SiH2]N([SiH2]N(C)C)[SiH2]N(CC)CC. The number of rotatable bonds is 10. The van der Waals surface area contributed by atoms with E-state index in [1.165, 1.54) is 26.2 Å². The first-order valence-electron chi connectivity index (χ1n) is 6.89. The van der Waals surface area contributed by atoms with Crippen LogP contribution in [0.25, 0.3) is 0 Å². The Kier molecular flexibility index (Phi) is 10.7. The van der Waals surface area contributed by atoms with Gasteiger partial charge in [0, 0.05) is 0 Å². The Hall–Kier alpha value is 0.491. The van der Waals surface area contributed by atoms with Crippen LogP contribution in [0, 0.1) is 0 Å². The van der Waals surface area contributed by atoms with Crippen LogP contribution in [0.1, 0.15) is 27.7 Å². The smallest absolute Gasteiger partial charge is 0.160 e. The van der Waals surface area contributed by atoms with Crippen LogP contribution in [0.4, 0.5) is 0 Å². The second-order valence-corrected chi connectivity index (χ2v) is 14.1. The summed E-state index contributed by atoms with van der Waals surface area (Å²) in [6.45, 7) is 14.1. The molecule has 0 spiro atoms. The van der Waals surface area contributed by atoms with Crippen molar-refractivity contribution in [3.05, 3.63) is 0 Å². The number of hydrogen-bond donors (Lipinski definition) is 0. The molecule has 0 saturated carbocycles. The first kappa shape index (κ1) is 17.5. The Morgan fingerprint density at radius 1 is 0.647 bits per heavy atom. The molecule has 0 bridgehead atoms. The van der Waals surface area contributed by atoms with Gasteiger partial charge in [-0.25, -0.2) is 0 Å². The maximum absolute atomic E-state index is 2.92. The van der Waals surface area contributed by atoms with Crippen LogP contribution in [-0.2, 0) is 0 Å². The Labute approximate surface area is 115 Å². The van der Waals surface area contributed by atoms with Gasteiger partial charge in [0.2, 0.25) is 0 Å². The van der Waals surface area contributed by atoms with E-state index in [9.17, 15) is 0 Å². The minimum atomic E-state index is -0.158. The lowest BCUT2D eigenvalue weighted by molar-refractivity contribution is 0.451. The molecule has 104 valence electrons.